The minimum atomic E-state index is 0.0156. The van der Waals surface area contributed by atoms with Crippen LogP contribution in [0.4, 0.5) is 0 Å². The van der Waals surface area contributed by atoms with Crippen LogP contribution in [0.3, 0.4) is 0 Å². The number of hydrogen-bond donors (Lipinski definition) is 0. The molecule has 2 fully saturated rings. The van der Waals surface area contributed by atoms with Gasteiger partial charge in [0, 0.05) is 51.8 Å². The van der Waals surface area contributed by atoms with Crippen molar-refractivity contribution in [2.75, 3.05) is 45.8 Å². The number of nitrogens with zero attached hydrogens (tertiary/aromatic N) is 3. The third-order valence-electron chi connectivity index (χ3n) is 5.50. The van der Waals surface area contributed by atoms with Crippen molar-refractivity contribution in [2.24, 2.45) is 5.92 Å². The number of likely N-dealkylation sites (tertiary alicyclic amines) is 1. The van der Waals surface area contributed by atoms with E-state index in [0.717, 1.165) is 58.7 Å². The van der Waals surface area contributed by atoms with Gasteiger partial charge < -0.3 is 19.1 Å². The van der Waals surface area contributed by atoms with E-state index in [-0.39, 0.29) is 11.8 Å². The van der Waals surface area contributed by atoms with Crippen molar-refractivity contribution in [3.8, 4) is 0 Å². The summed E-state index contributed by atoms with van der Waals surface area (Å²) in [5.41, 5.74) is 0. The molecule has 0 bridgehead atoms. The molecule has 2 saturated heterocycles. The van der Waals surface area contributed by atoms with Gasteiger partial charge in [0.05, 0.1) is 6.26 Å². The van der Waals surface area contributed by atoms with Gasteiger partial charge in [-0.25, -0.2) is 0 Å². The van der Waals surface area contributed by atoms with Crippen molar-refractivity contribution in [2.45, 2.75) is 26.2 Å². The predicted octanol–water partition coefficient (Wildman–Crippen LogP) is 2.09. The van der Waals surface area contributed by atoms with Gasteiger partial charge in [-0.3, -0.25) is 9.59 Å². The molecule has 0 radical (unpaired) electrons. The lowest BCUT2D eigenvalue weighted by molar-refractivity contribution is -0.134. The Morgan fingerprint density at radius 2 is 1.85 bits per heavy atom. The van der Waals surface area contributed by atoms with Crippen LogP contribution in [0.1, 0.15) is 31.9 Å². The first-order chi connectivity index (χ1) is 12.7. The topological polar surface area (TPSA) is 57.0 Å². The zero-order valence-corrected chi connectivity index (χ0v) is 15.6. The fourth-order valence-corrected chi connectivity index (χ4v) is 3.69. The average Bonchev–Trinajstić information content (AvgIpc) is 3.20. The van der Waals surface area contributed by atoms with Crippen LogP contribution in [-0.4, -0.2) is 72.3 Å². The Morgan fingerprint density at radius 3 is 2.46 bits per heavy atom. The third kappa shape index (κ3) is 4.97. The highest BCUT2D eigenvalue weighted by Gasteiger charge is 2.26. The van der Waals surface area contributed by atoms with Crippen LogP contribution < -0.4 is 0 Å². The molecule has 2 amide bonds. The highest BCUT2D eigenvalue weighted by atomic mass is 16.3. The molecule has 142 valence electrons. The highest BCUT2D eigenvalue weighted by Crippen LogP contribution is 2.22. The summed E-state index contributed by atoms with van der Waals surface area (Å²) in [6.07, 6.45) is 7.29. The Balaban J connectivity index is 1.39. The van der Waals surface area contributed by atoms with E-state index < -0.39 is 0 Å². The SMILES string of the molecule is CCN1CCN(C(=O)CC2CCN(C(=O)C=Cc3ccco3)CC2)CC1. The van der Waals surface area contributed by atoms with Gasteiger partial charge in [-0.1, -0.05) is 6.92 Å². The van der Waals surface area contributed by atoms with E-state index in [1.807, 2.05) is 15.9 Å². The summed E-state index contributed by atoms with van der Waals surface area (Å²) in [6, 6.07) is 3.62. The third-order valence-corrected chi connectivity index (χ3v) is 5.50. The van der Waals surface area contributed by atoms with Crippen LogP contribution >= 0.6 is 0 Å². The molecule has 0 aromatic carbocycles. The molecule has 3 rings (SSSR count). The van der Waals surface area contributed by atoms with Crippen LogP contribution in [0.5, 0.6) is 0 Å². The van der Waals surface area contributed by atoms with Crippen LogP contribution in [0, 0.1) is 5.92 Å². The van der Waals surface area contributed by atoms with Gasteiger partial charge in [0.25, 0.3) is 0 Å². The van der Waals surface area contributed by atoms with Crippen molar-refractivity contribution in [3.63, 3.8) is 0 Å². The number of carbonyl (C=O) groups excluding carboxylic acids is 2. The predicted molar refractivity (Wildman–Crippen MR) is 100 cm³/mol. The fourth-order valence-electron chi connectivity index (χ4n) is 3.69. The van der Waals surface area contributed by atoms with Crippen molar-refractivity contribution >= 4 is 17.9 Å². The molecule has 2 aliphatic rings. The monoisotopic (exact) mass is 359 g/mol. The van der Waals surface area contributed by atoms with Gasteiger partial charge in [-0.15, -0.1) is 0 Å². The van der Waals surface area contributed by atoms with Crippen LogP contribution in [0.2, 0.25) is 0 Å². The smallest absolute Gasteiger partial charge is 0.246 e. The first-order valence-electron chi connectivity index (χ1n) is 9.66. The summed E-state index contributed by atoms with van der Waals surface area (Å²) in [5.74, 6) is 1.37. The minimum Gasteiger partial charge on any atom is -0.465 e. The zero-order chi connectivity index (χ0) is 18.4. The van der Waals surface area contributed by atoms with Gasteiger partial charge in [0.1, 0.15) is 5.76 Å². The van der Waals surface area contributed by atoms with Crippen molar-refractivity contribution in [1.82, 2.24) is 14.7 Å². The lowest BCUT2D eigenvalue weighted by Crippen LogP contribution is -2.49. The van der Waals surface area contributed by atoms with E-state index in [2.05, 4.69) is 11.8 Å². The van der Waals surface area contributed by atoms with E-state index in [1.165, 1.54) is 0 Å². The van der Waals surface area contributed by atoms with Gasteiger partial charge in [-0.2, -0.15) is 0 Å². The minimum absolute atomic E-state index is 0.0156. The van der Waals surface area contributed by atoms with E-state index in [1.54, 1.807) is 24.5 Å². The molecule has 1 aromatic heterocycles. The summed E-state index contributed by atoms with van der Waals surface area (Å²) in [7, 11) is 0. The summed E-state index contributed by atoms with van der Waals surface area (Å²) in [6.45, 7) is 8.34. The molecular weight excluding hydrogens is 330 g/mol. The summed E-state index contributed by atoms with van der Waals surface area (Å²) in [4.78, 5) is 31.0. The molecular formula is C20H29N3O3. The summed E-state index contributed by atoms with van der Waals surface area (Å²) < 4.78 is 5.20. The van der Waals surface area contributed by atoms with Gasteiger partial charge in [-0.05, 0) is 43.5 Å². The maximum Gasteiger partial charge on any atom is 0.246 e. The first kappa shape index (κ1) is 18.7. The summed E-state index contributed by atoms with van der Waals surface area (Å²) >= 11 is 0. The van der Waals surface area contributed by atoms with E-state index in [0.29, 0.717) is 18.1 Å². The largest absolute Gasteiger partial charge is 0.465 e. The lowest BCUT2D eigenvalue weighted by atomic mass is 9.92. The normalized spacial score (nSPS) is 20.0. The van der Waals surface area contributed by atoms with Crippen LogP contribution in [0.15, 0.2) is 28.9 Å². The number of likely N-dealkylation sites (N-methyl/N-ethyl adjacent to an activating group) is 1. The second-order valence-electron chi connectivity index (χ2n) is 7.14. The molecule has 3 heterocycles. The number of amides is 2. The molecule has 6 heteroatoms. The van der Waals surface area contributed by atoms with Crippen molar-refractivity contribution < 1.29 is 14.0 Å². The number of piperidine rings is 1. The molecule has 26 heavy (non-hydrogen) atoms. The van der Waals surface area contributed by atoms with E-state index in [4.69, 9.17) is 4.42 Å². The molecule has 0 unspecified atom stereocenters. The van der Waals surface area contributed by atoms with Gasteiger partial charge in [0.2, 0.25) is 11.8 Å². The van der Waals surface area contributed by atoms with E-state index >= 15 is 0 Å². The summed E-state index contributed by atoms with van der Waals surface area (Å²) in [5, 5.41) is 0. The number of hydrogen-bond acceptors (Lipinski definition) is 4. The van der Waals surface area contributed by atoms with Gasteiger partial charge >= 0.3 is 0 Å². The van der Waals surface area contributed by atoms with E-state index in [9.17, 15) is 9.59 Å². The highest BCUT2D eigenvalue weighted by molar-refractivity contribution is 5.91. The maximum absolute atomic E-state index is 12.5. The Bertz CT molecular complexity index is 610. The molecule has 0 atom stereocenters. The molecule has 0 saturated carbocycles. The van der Waals surface area contributed by atoms with Gasteiger partial charge in [0.15, 0.2) is 0 Å². The molecule has 1 aromatic rings. The van der Waals surface area contributed by atoms with Crippen molar-refractivity contribution in [3.05, 3.63) is 30.2 Å². The van der Waals surface area contributed by atoms with Crippen molar-refractivity contribution in [1.29, 1.82) is 0 Å². The molecule has 2 aliphatic heterocycles. The van der Waals surface area contributed by atoms with Crippen LogP contribution in [-0.2, 0) is 9.59 Å². The zero-order valence-electron chi connectivity index (χ0n) is 15.6. The van der Waals surface area contributed by atoms with Crippen LogP contribution in [0.25, 0.3) is 6.08 Å². The molecule has 0 aliphatic carbocycles. The average molecular weight is 359 g/mol. The second kappa shape index (κ2) is 9.03. The number of carbonyl (C=O) groups is 2. The maximum atomic E-state index is 12.5. The Labute approximate surface area is 155 Å². The molecule has 6 nitrogen and oxygen atoms in total. The quantitative estimate of drug-likeness (QED) is 0.756. The Hall–Kier alpha value is -2.08. The number of furan rings is 1. The molecule has 0 N–H and O–H groups in total. The Morgan fingerprint density at radius 1 is 1.12 bits per heavy atom. The second-order valence-corrected chi connectivity index (χ2v) is 7.14. The number of piperazine rings is 1. The standard InChI is InChI=1S/C20H29N3O3/c1-2-21-11-13-23(14-12-21)20(25)16-17-7-9-22(10-8-17)19(24)6-5-18-4-3-15-26-18/h3-6,15,17H,2,7-14,16H2,1H3. The fraction of sp³-hybridized carbons (Fsp3) is 0.600. The molecule has 0 spiro atoms. The Kier molecular flexibility index (Phi) is 6.50. The lowest BCUT2D eigenvalue weighted by Gasteiger charge is -2.36. The first-order valence-corrected chi connectivity index (χ1v) is 9.66. The number of rotatable bonds is 5.